The fourth-order valence-electron chi connectivity index (χ4n) is 5.15. The molecule has 36 heavy (non-hydrogen) atoms. The van der Waals surface area contributed by atoms with Crippen LogP contribution in [0.3, 0.4) is 0 Å². The molecule has 2 atom stereocenters. The predicted octanol–water partition coefficient (Wildman–Crippen LogP) is 5.89. The molecular weight excluding hydrogens is 456 g/mol. The summed E-state index contributed by atoms with van der Waals surface area (Å²) in [5.74, 6) is 5.17. The normalized spacial score (nSPS) is 24.1. The van der Waals surface area contributed by atoms with E-state index in [2.05, 4.69) is 43.0 Å². The van der Waals surface area contributed by atoms with E-state index in [1.807, 2.05) is 0 Å². The van der Waals surface area contributed by atoms with Crippen molar-refractivity contribution in [2.45, 2.75) is 82.7 Å². The first-order chi connectivity index (χ1) is 17.4. The van der Waals surface area contributed by atoms with Gasteiger partial charge in [0.05, 0.1) is 0 Å². The van der Waals surface area contributed by atoms with Crippen molar-refractivity contribution in [3.05, 3.63) is 70.8 Å². The monoisotopic (exact) mass is 490 g/mol. The summed E-state index contributed by atoms with van der Waals surface area (Å²) in [4.78, 5) is 22.5. The summed E-state index contributed by atoms with van der Waals surface area (Å²) in [5.41, 5.74) is 3.69. The first-order valence-electron chi connectivity index (χ1n) is 12.9. The highest BCUT2D eigenvalue weighted by Crippen LogP contribution is 2.38. The topological polar surface area (TPSA) is 93.1 Å². The van der Waals surface area contributed by atoms with Crippen LogP contribution >= 0.6 is 0 Å². The molecule has 1 saturated heterocycles. The fraction of sp³-hybridized carbons (Fsp3) is 0.467. The first kappa shape index (κ1) is 25.9. The molecule has 0 aromatic heterocycles. The largest absolute Gasteiger partial charge is 0.479 e. The SMILES string of the molecule is CCCCC[C@H]1CC[C@H](c2ccc(C#Cc3ccc(C4O[C@@H](C(=O)O)[C@H](C(=O)O)O4)cc3)cc2)CC1. The maximum Gasteiger partial charge on any atom is 0.336 e. The van der Waals surface area contributed by atoms with E-state index in [0.717, 1.165) is 17.0 Å². The Morgan fingerprint density at radius 3 is 1.75 bits per heavy atom. The Kier molecular flexibility index (Phi) is 8.79. The van der Waals surface area contributed by atoms with Crippen molar-refractivity contribution in [2.75, 3.05) is 0 Å². The molecule has 4 rings (SSSR count). The highest BCUT2D eigenvalue weighted by Gasteiger charge is 2.46. The van der Waals surface area contributed by atoms with Crippen LogP contribution in [0.2, 0.25) is 0 Å². The lowest BCUT2D eigenvalue weighted by atomic mass is 9.77. The molecule has 2 aliphatic rings. The minimum absolute atomic E-state index is 0.542. The second-order valence-electron chi connectivity index (χ2n) is 9.83. The lowest BCUT2D eigenvalue weighted by molar-refractivity contribution is -0.156. The number of ether oxygens (including phenoxy) is 2. The Morgan fingerprint density at radius 2 is 1.28 bits per heavy atom. The van der Waals surface area contributed by atoms with Crippen molar-refractivity contribution in [3.63, 3.8) is 0 Å². The summed E-state index contributed by atoms with van der Waals surface area (Å²) in [7, 11) is 0. The standard InChI is InChI=1S/C30H34O6/c1-2-3-4-5-20-8-14-23(15-9-20)24-16-10-21(11-17-24)6-7-22-12-18-25(19-13-22)30-35-26(28(31)32)27(36-30)29(33)34/h10-13,16-20,23,26-27,30H,2-5,8-9,14-15H2,1H3,(H,31,32)(H,33,34)/t20-,23-,26-,27-/m1/s1. The van der Waals surface area contributed by atoms with Gasteiger partial charge in [0.15, 0.2) is 18.5 Å². The predicted molar refractivity (Wildman–Crippen MR) is 135 cm³/mol. The van der Waals surface area contributed by atoms with E-state index in [1.165, 1.54) is 56.9 Å². The second-order valence-corrected chi connectivity index (χ2v) is 9.83. The van der Waals surface area contributed by atoms with Crippen LogP contribution in [0.5, 0.6) is 0 Å². The number of rotatable bonds is 8. The van der Waals surface area contributed by atoms with Crippen LogP contribution in [-0.2, 0) is 19.1 Å². The van der Waals surface area contributed by atoms with Crippen LogP contribution in [0.4, 0.5) is 0 Å². The Balaban J connectivity index is 1.31. The van der Waals surface area contributed by atoms with Gasteiger partial charge in [-0.25, -0.2) is 9.59 Å². The Hall–Kier alpha value is -3.14. The van der Waals surface area contributed by atoms with Crippen molar-refractivity contribution < 1.29 is 29.3 Å². The molecule has 0 amide bonds. The van der Waals surface area contributed by atoms with E-state index < -0.39 is 30.4 Å². The van der Waals surface area contributed by atoms with Crippen LogP contribution < -0.4 is 0 Å². The van der Waals surface area contributed by atoms with Crippen molar-refractivity contribution in [2.24, 2.45) is 5.92 Å². The van der Waals surface area contributed by atoms with Gasteiger partial charge in [0.2, 0.25) is 0 Å². The highest BCUT2D eigenvalue weighted by molar-refractivity contribution is 5.84. The molecule has 2 aromatic rings. The number of hydrogen-bond acceptors (Lipinski definition) is 4. The van der Waals surface area contributed by atoms with Crippen molar-refractivity contribution in [3.8, 4) is 11.8 Å². The van der Waals surface area contributed by atoms with E-state index in [9.17, 15) is 19.8 Å². The molecule has 2 aromatic carbocycles. The molecule has 1 heterocycles. The molecule has 1 aliphatic heterocycles. The number of aliphatic carboxylic acids is 2. The van der Waals surface area contributed by atoms with Crippen molar-refractivity contribution >= 4 is 11.9 Å². The smallest absolute Gasteiger partial charge is 0.336 e. The molecule has 2 fully saturated rings. The van der Waals surface area contributed by atoms with Crippen molar-refractivity contribution in [1.82, 2.24) is 0 Å². The number of unbranched alkanes of at least 4 members (excludes halogenated alkanes) is 2. The molecule has 190 valence electrons. The molecule has 0 bridgehead atoms. The molecule has 6 nitrogen and oxygen atoms in total. The van der Waals surface area contributed by atoms with E-state index >= 15 is 0 Å². The summed E-state index contributed by atoms with van der Waals surface area (Å²) in [5, 5.41) is 18.3. The van der Waals surface area contributed by atoms with Crippen LogP contribution in [0, 0.1) is 17.8 Å². The van der Waals surface area contributed by atoms with Gasteiger partial charge in [-0.3, -0.25) is 0 Å². The van der Waals surface area contributed by atoms with Crippen LogP contribution in [0.25, 0.3) is 0 Å². The van der Waals surface area contributed by atoms with Crippen LogP contribution in [0.1, 0.15) is 92.8 Å². The van der Waals surface area contributed by atoms with Gasteiger partial charge in [0, 0.05) is 16.7 Å². The minimum Gasteiger partial charge on any atom is -0.479 e. The van der Waals surface area contributed by atoms with E-state index in [4.69, 9.17) is 9.47 Å². The highest BCUT2D eigenvalue weighted by atomic mass is 16.7. The molecule has 2 N–H and O–H groups in total. The average Bonchev–Trinajstić information content (AvgIpc) is 3.35. The van der Waals surface area contributed by atoms with Crippen LogP contribution in [0.15, 0.2) is 48.5 Å². The number of hydrogen-bond donors (Lipinski definition) is 2. The minimum atomic E-state index is -1.55. The molecule has 0 radical (unpaired) electrons. The van der Waals surface area contributed by atoms with Gasteiger partial charge in [-0.05, 0) is 67.3 Å². The number of carbonyl (C=O) groups is 2. The molecule has 0 unspecified atom stereocenters. The molecule has 1 saturated carbocycles. The zero-order valence-electron chi connectivity index (χ0n) is 20.7. The quantitative estimate of drug-likeness (QED) is 0.354. The first-order valence-corrected chi connectivity index (χ1v) is 12.9. The zero-order chi connectivity index (χ0) is 25.5. The second kappa shape index (κ2) is 12.2. The summed E-state index contributed by atoms with van der Waals surface area (Å²) < 4.78 is 10.6. The van der Waals surface area contributed by atoms with Gasteiger partial charge in [-0.15, -0.1) is 0 Å². The summed E-state index contributed by atoms with van der Waals surface area (Å²) in [6.45, 7) is 2.26. The lowest BCUT2D eigenvalue weighted by Crippen LogP contribution is -2.36. The zero-order valence-corrected chi connectivity index (χ0v) is 20.7. The molecule has 0 spiro atoms. The van der Waals surface area contributed by atoms with Gasteiger partial charge >= 0.3 is 11.9 Å². The van der Waals surface area contributed by atoms with Gasteiger partial charge in [-0.2, -0.15) is 0 Å². The third kappa shape index (κ3) is 6.54. The Labute approximate surface area is 212 Å². The van der Waals surface area contributed by atoms with Gasteiger partial charge in [-0.1, -0.05) is 68.7 Å². The van der Waals surface area contributed by atoms with Gasteiger partial charge in [0.1, 0.15) is 0 Å². The maximum atomic E-state index is 11.2. The molecule has 6 heteroatoms. The molecular formula is C30H34O6. The summed E-state index contributed by atoms with van der Waals surface area (Å²) in [6, 6.07) is 15.6. The Morgan fingerprint density at radius 1 is 0.778 bits per heavy atom. The van der Waals surface area contributed by atoms with Crippen LogP contribution in [-0.4, -0.2) is 34.4 Å². The van der Waals surface area contributed by atoms with E-state index in [0.29, 0.717) is 11.5 Å². The summed E-state index contributed by atoms with van der Waals surface area (Å²) in [6.07, 6.45) is 6.53. The lowest BCUT2D eigenvalue weighted by Gasteiger charge is -2.29. The molecule has 1 aliphatic carbocycles. The maximum absolute atomic E-state index is 11.2. The van der Waals surface area contributed by atoms with Gasteiger partial charge < -0.3 is 19.7 Å². The van der Waals surface area contributed by atoms with E-state index in [-0.39, 0.29) is 0 Å². The summed E-state index contributed by atoms with van der Waals surface area (Å²) >= 11 is 0. The average molecular weight is 491 g/mol. The third-order valence-corrected chi connectivity index (χ3v) is 7.28. The van der Waals surface area contributed by atoms with Crippen molar-refractivity contribution in [1.29, 1.82) is 0 Å². The van der Waals surface area contributed by atoms with Gasteiger partial charge in [0.25, 0.3) is 0 Å². The van der Waals surface area contributed by atoms with E-state index in [1.54, 1.807) is 24.3 Å². The number of carboxylic acid groups (broad SMARTS) is 2. The third-order valence-electron chi connectivity index (χ3n) is 7.28. The number of carboxylic acids is 2. The fourth-order valence-corrected chi connectivity index (χ4v) is 5.15. The number of benzene rings is 2. The Bertz CT molecular complexity index is 1060.